The molecule has 0 aromatic heterocycles. The van der Waals surface area contributed by atoms with Gasteiger partial charge < -0.3 is 10.4 Å². The minimum absolute atomic E-state index is 0.0374. The highest BCUT2D eigenvalue weighted by atomic mass is 16.3. The maximum Gasteiger partial charge on any atom is 0.244 e. The predicted molar refractivity (Wildman–Crippen MR) is 74.1 cm³/mol. The van der Waals surface area contributed by atoms with Crippen molar-refractivity contribution in [3.63, 3.8) is 0 Å². The largest absolute Gasteiger partial charge is 0.396 e. The van der Waals surface area contributed by atoms with E-state index in [1.54, 1.807) is 6.08 Å². The number of aliphatic hydroxyl groups is 1. The summed E-state index contributed by atoms with van der Waals surface area (Å²) in [6.07, 6.45) is 3.31. The Kier molecular flexibility index (Phi) is 5.59. The summed E-state index contributed by atoms with van der Waals surface area (Å²) in [6, 6.07) is 7.91. The Morgan fingerprint density at radius 1 is 1.44 bits per heavy atom. The molecule has 0 bridgehead atoms. The fourth-order valence-corrected chi connectivity index (χ4v) is 1.52. The minimum atomic E-state index is -0.135. The Morgan fingerprint density at radius 3 is 2.78 bits per heavy atom. The monoisotopic (exact) mass is 247 g/mol. The summed E-state index contributed by atoms with van der Waals surface area (Å²) in [6.45, 7) is 5.87. The third-order valence-electron chi connectivity index (χ3n) is 2.98. The molecule has 1 aromatic carbocycles. The molecule has 0 aliphatic heterocycles. The molecule has 1 aromatic rings. The molecule has 0 saturated heterocycles. The zero-order valence-corrected chi connectivity index (χ0v) is 11.2. The first-order valence-electron chi connectivity index (χ1n) is 6.19. The van der Waals surface area contributed by atoms with E-state index in [0.29, 0.717) is 0 Å². The molecule has 2 N–H and O–H groups in total. The van der Waals surface area contributed by atoms with Gasteiger partial charge in [0.1, 0.15) is 0 Å². The van der Waals surface area contributed by atoms with Gasteiger partial charge in [0.2, 0.25) is 5.91 Å². The van der Waals surface area contributed by atoms with Gasteiger partial charge in [-0.1, -0.05) is 36.8 Å². The van der Waals surface area contributed by atoms with Crippen molar-refractivity contribution in [2.45, 2.75) is 26.8 Å². The third kappa shape index (κ3) is 4.72. The van der Waals surface area contributed by atoms with Gasteiger partial charge in [0.15, 0.2) is 0 Å². The number of hydrogen-bond acceptors (Lipinski definition) is 2. The fourth-order valence-electron chi connectivity index (χ4n) is 1.52. The first kappa shape index (κ1) is 14.5. The summed E-state index contributed by atoms with van der Waals surface area (Å²) in [5.41, 5.74) is 2.17. The van der Waals surface area contributed by atoms with Crippen LogP contribution in [-0.4, -0.2) is 23.7 Å². The SMILES string of the molecule is Cc1cccc(/C=C/C(=O)NC(C)C(C)CO)c1. The number of hydrogen-bond donors (Lipinski definition) is 2. The molecule has 0 aliphatic carbocycles. The number of benzene rings is 1. The lowest BCUT2D eigenvalue weighted by molar-refractivity contribution is -0.117. The Balaban J connectivity index is 2.54. The van der Waals surface area contributed by atoms with Gasteiger partial charge in [-0.3, -0.25) is 4.79 Å². The van der Waals surface area contributed by atoms with Gasteiger partial charge in [-0.15, -0.1) is 0 Å². The van der Waals surface area contributed by atoms with E-state index >= 15 is 0 Å². The van der Waals surface area contributed by atoms with Crippen molar-refractivity contribution in [2.75, 3.05) is 6.61 Å². The molecular weight excluding hydrogens is 226 g/mol. The van der Waals surface area contributed by atoms with Crippen molar-refractivity contribution in [2.24, 2.45) is 5.92 Å². The van der Waals surface area contributed by atoms with Crippen molar-refractivity contribution in [3.05, 3.63) is 41.5 Å². The molecule has 98 valence electrons. The van der Waals surface area contributed by atoms with E-state index in [-0.39, 0.29) is 24.5 Å². The van der Waals surface area contributed by atoms with E-state index in [2.05, 4.69) is 5.32 Å². The molecule has 0 heterocycles. The van der Waals surface area contributed by atoms with Crippen LogP contribution < -0.4 is 5.32 Å². The molecule has 0 fully saturated rings. The zero-order valence-electron chi connectivity index (χ0n) is 11.2. The predicted octanol–water partition coefficient (Wildman–Crippen LogP) is 2.14. The lowest BCUT2D eigenvalue weighted by Crippen LogP contribution is -2.37. The van der Waals surface area contributed by atoms with Crippen LogP contribution in [0.5, 0.6) is 0 Å². The first-order valence-corrected chi connectivity index (χ1v) is 6.19. The average Bonchev–Trinajstić information content (AvgIpc) is 2.35. The van der Waals surface area contributed by atoms with Crippen LogP contribution in [-0.2, 0) is 4.79 Å². The van der Waals surface area contributed by atoms with Crippen LogP contribution in [0.3, 0.4) is 0 Å². The van der Waals surface area contributed by atoms with Crippen LogP contribution in [0.1, 0.15) is 25.0 Å². The van der Waals surface area contributed by atoms with Crippen LogP contribution >= 0.6 is 0 Å². The van der Waals surface area contributed by atoms with Gasteiger partial charge in [0, 0.05) is 18.7 Å². The molecule has 3 nitrogen and oxygen atoms in total. The normalized spacial score (nSPS) is 14.4. The maximum atomic E-state index is 11.7. The number of carbonyl (C=O) groups is 1. The van der Waals surface area contributed by atoms with Crippen LogP contribution in [0.2, 0.25) is 0 Å². The van der Waals surface area contributed by atoms with Crippen LogP contribution in [0, 0.1) is 12.8 Å². The molecule has 0 aliphatic rings. The Hall–Kier alpha value is -1.61. The van der Waals surface area contributed by atoms with Gasteiger partial charge in [-0.25, -0.2) is 0 Å². The summed E-state index contributed by atoms with van der Waals surface area (Å²) < 4.78 is 0. The van der Waals surface area contributed by atoms with E-state index in [1.807, 2.05) is 45.0 Å². The average molecular weight is 247 g/mol. The third-order valence-corrected chi connectivity index (χ3v) is 2.98. The second-order valence-corrected chi connectivity index (χ2v) is 4.70. The minimum Gasteiger partial charge on any atom is -0.396 e. The topological polar surface area (TPSA) is 49.3 Å². The summed E-state index contributed by atoms with van der Waals surface area (Å²) in [5, 5.41) is 11.8. The standard InChI is InChI=1S/C15H21NO2/c1-11-5-4-6-14(9-11)7-8-15(18)16-13(3)12(2)10-17/h4-9,12-13,17H,10H2,1-3H3,(H,16,18)/b8-7+. The first-order chi connectivity index (χ1) is 8.52. The molecule has 1 rings (SSSR count). The number of rotatable bonds is 5. The van der Waals surface area contributed by atoms with Crippen LogP contribution in [0.15, 0.2) is 30.3 Å². The molecule has 18 heavy (non-hydrogen) atoms. The van der Waals surface area contributed by atoms with Gasteiger partial charge >= 0.3 is 0 Å². The van der Waals surface area contributed by atoms with Gasteiger partial charge in [-0.2, -0.15) is 0 Å². The Morgan fingerprint density at radius 2 is 2.17 bits per heavy atom. The summed E-state index contributed by atoms with van der Waals surface area (Å²) >= 11 is 0. The van der Waals surface area contributed by atoms with Crippen molar-refractivity contribution in [1.82, 2.24) is 5.32 Å². The van der Waals surface area contributed by atoms with Crippen molar-refractivity contribution in [1.29, 1.82) is 0 Å². The highest BCUT2D eigenvalue weighted by Crippen LogP contribution is 2.06. The summed E-state index contributed by atoms with van der Waals surface area (Å²) in [4.78, 5) is 11.7. The molecule has 0 saturated carbocycles. The van der Waals surface area contributed by atoms with E-state index in [1.165, 1.54) is 11.6 Å². The zero-order chi connectivity index (χ0) is 13.5. The maximum absolute atomic E-state index is 11.7. The van der Waals surface area contributed by atoms with Gasteiger partial charge in [-0.05, 0) is 31.4 Å². The van der Waals surface area contributed by atoms with Crippen LogP contribution in [0.4, 0.5) is 0 Å². The molecule has 2 unspecified atom stereocenters. The number of carbonyl (C=O) groups excluding carboxylic acids is 1. The lowest BCUT2D eigenvalue weighted by Gasteiger charge is -2.18. The smallest absolute Gasteiger partial charge is 0.244 e. The van der Waals surface area contributed by atoms with Gasteiger partial charge in [0.25, 0.3) is 0 Å². The van der Waals surface area contributed by atoms with Crippen LogP contribution in [0.25, 0.3) is 6.08 Å². The van der Waals surface area contributed by atoms with E-state index in [0.717, 1.165) is 5.56 Å². The number of amides is 1. The molecule has 3 heteroatoms. The molecule has 0 radical (unpaired) electrons. The van der Waals surface area contributed by atoms with Crippen molar-refractivity contribution < 1.29 is 9.90 Å². The Labute approximate surface area is 109 Å². The fraction of sp³-hybridized carbons (Fsp3) is 0.400. The molecule has 1 amide bonds. The molecule has 0 spiro atoms. The summed E-state index contributed by atoms with van der Waals surface area (Å²) in [7, 11) is 0. The van der Waals surface area contributed by atoms with E-state index < -0.39 is 0 Å². The van der Waals surface area contributed by atoms with E-state index in [4.69, 9.17) is 5.11 Å². The Bertz CT molecular complexity index is 426. The lowest BCUT2D eigenvalue weighted by atomic mass is 10.1. The molecular formula is C15H21NO2. The second-order valence-electron chi connectivity index (χ2n) is 4.70. The molecule has 2 atom stereocenters. The van der Waals surface area contributed by atoms with Crippen molar-refractivity contribution >= 4 is 12.0 Å². The number of aryl methyl sites for hydroxylation is 1. The highest BCUT2D eigenvalue weighted by Gasteiger charge is 2.11. The number of nitrogens with one attached hydrogen (secondary N) is 1. The van der Waals surface area contributed by atoms with Crippen molar-refractivity contribution in [3.8, 4) is 0 Å². The van der Waals surface area contributed by atoms with Gasteiger partial charge in [0.05, 0.1) is 0 Å². The number of aliphatic hydroxyl groups excluding tert-OH is 1. The summed E-state index contributed by atoms with van der Waals surface area (Å²) in [5.74, 6) is -0.0781. The highest BCUT2D eigenvalue weighted by molar-refractivity contribution is 5.91. The van der Waals surface area contributed by atoms with E-state index in [9.17, 15) is 4.79 Å². The quantitative estimate of drug-likeness (QED) is 0.783. The second kappa shape index (κ2) is 6.97.